The largest absolute Gasteiger partial charge is 0.323 e. The van der Waals surface area contributed by atoms with Crippen molar-refractivity contribution in [2.75, 3.05) is 5.32 Å². The van der Waals surface area contributed by atoms with Crippen molar-refractivity contribution in [1.82, 2.24) is 9.97 Å². The lowest BCUT2D eigenvalue weighted by atomic mass is 10.3. The molecule has 4 nitrogen and oxygen atoms in total. The molecule has 0 aliphatic rings. The van der Waals surface area contributed by atoms with Crippen LogP contribution in [-0.2, 0) is 4.79 Å². The van der Waals surface area contributed by atoms with Crippen molar-refractivity contribution in [2.24, 2.45) is 0 Å². The quantitative estimate of drug-likeness (QED) is 0.680. The van der Waals surface area contributed by atoms with Crippen LogP contribution < -0.4 is 5.32 Å². The van der Waals surface area contributed by atoms with Crippen molar-refractivity contribution >= 4 is 23.4 Å². The first kappa shape index (κ1) is 16.2. The normalized spacial score (nSPS) is 10.2. The summed E-state index contributed by atoms with van der Waals surface area (Å²) in [5.74, 6) is -0.113. The Morgan fingerprint density at radius 2 is 1.68 bits per heavy atom. The summed E-state index contributed by atoms with van der Waals surface area (Å²) < 4.78 is 0. The Morgan fingerprint density at radius 1 is 1.09 bits per heavy atom. The third-order valence-corrected chi connectivity index (χ3v) is 3.59. The summed E-state index contributed by atoms with van der Waals surface area (Å²) in [5, 5.41) is 3.56. The van der Waals surface area contributed by atoms with Crippen LogP contribution in [0.25, 0.3) is 0 Å². The molecular formula is C17H19N3OS. The minimum Gasteiger partial charge on any atom is -0.323 e. The standard InChI is InChI=1S/C17H19N3OS/c1-11(2)9-16(21)20-14-5-7-15(8-6-14)22-17-18-12(3)10-13(4)19-17/h5-10H,1-4H3,(H,20,21). The molecule has 0 spiro atoms. The number of carbonyl (C=O) groups is 1. The van der Waals surface area contributed by atoms with Crippen LogP contribution in [0.4, 0.5) is 5.69 Å². The lowest BCUT2D eigenvalue weighted by Crippen LogP contribution is -2.08. The van der Waals surface area contributed by atoms with Crippen LogP contribution in [0.15, 0.2) is 52.0 Å². The maximum atomic E-state index is 11.7. The van der Waals surface area contributed by atoms with Crippen molar-refractivity contribution in [2.45, 2.75) is 37.7 Å². The minimum absolute atomic E-state index is 0.113. The monoisotopic (exact) mass is 313 g/mol. The Hall–Kier alpha value is -2.14. The van der Waals surface area contributed by atoms with Gasteiger partial charge in [-0.3, -0.25) is 4.79 Å². The van der Waals surface area contributed by atoms with Crippen molar-refractivity contribution in [3.63, 3.8) is 0 Å². The predicted molar refractivity (Wildman–Crippen MR) is 90.1 cm³/mol. The summed E-state index contributed by atoms with van der Waals surface area (Å²) in [6.07, 6.45) is 1.58. The van der Waals surface area contributed by atoms with Crippen LogP contribution in [0.1, 0.15) is 25.2 Å². The van der Waals surface area contributed by atoms with Gasteiger partial charge in [0.1, 0.15) is 0 Å². The Balaban J connectivity index is 2.05. The second-order valence-electron chi connectivity index (χ2n) is 5.27. The van der Waals surface area contributed by atoms with Crippen molar-refractivity contribution in [1.29, 1.82) is 0 Å². The fourth-order valence-corrected chi connectivity index (χ4v) is 2.75. The number of allylic oxidation sites excluding steroid dienone is 1. The van der Waals surface area contributed by atoms with Crippen LogP contribution in [0.5, 0.6) is 0 Å². The van der Waals surface area contributed by atoms with Gasteiger partial charge in [0.2, 0.25) is 5.91 Å². The van der Waals surface area contributed by atoms with E-state index in [0.717, 1.165) is 32.7 Å². The molecule has 5 heteroatoms. The molecule has 0 unspecified atom stereocenters. The highest BCUT2D eigenvalue weighted by Gasteiger charge is 2.04. The summed E-state index contributed by atoms with van der Waals surface area (Å²) >= 11 is 1.51. The molecule has 2 aromatic rings. The number of rotatable bonds is 4. The molecule has 0 saturated heterocycles. The van der Waals surface area contributed by atoms with Crippen LogP contribution in [0.3, 0.4) is 0 Å². The maximum Gasteiger partial charge on any atom is 0.248 e. The summed E-state index contributed by atoms with van der Waals surface area (Å²) in [4.78, 5) is 21.5. The van der Waals surface area contributed by atoms with E-state index < -0.39 is 0 Å². The molecule has 1 amide bonds. The van der Waals surface area contributed by atoms with Gasteiger partial charge in [0.05, 0.1) is 0 Å². The van der Waals surface area contributed by atoms with Crippen molar-refractivity contribution in [3.05, 3.63) is 53.4 Å². The lowest BCUT2D eigenvalue weighted by molar-refractivity contribution is -0.111. The molecule has 0 bridgehead atoms. The number of aromatic nitrogens is 2. The Morgan fingerprint density at radius 3 is 2.23 bits per heavy atom. The van der Waals surface area contributed by atoms with Crippen LogP contribution in [0.2, 0.25) is 0 Å². The molecule has 1 aromatic carbocycles. The average molecular weight is 313 g/mol. The third-order valence-electron chi connectivity index (χ3n) is 2.71. The Bertz CT molecular complexity index is 684. The van der Waals surface area contributed by atoms with E-state index in [1.807, 2.05) is 58.0 Å². The predicted octanol–water partition coefficient (Wildman–Crippen LogP) is 4.15. The number of nitrogens with one attached hydrogen (secondary N) is 1. The molecule has 0 aliphatic heterocycles. The van der Waals surface area contributed by atoms with Gasteiger partial charge in [0, 0.05) is 28.0 Å². The lowest BCUT2D eigenvalue weighted by Gasteiger charge is -2.05. The first-order valence-electron chi connectivity index (χ1n) is 6.98. The molecule has 0 radical (unpaired) electrons. The highest BCUT2D eigenvalue weighted by atomic mass is 32.2. The minimum atomic E-state index is -0.113. The van der Waals surface area contributed by atoms with E-state index in [-0.39, 0.29) is 5.91 Å². The van der Waals surface area contributed by atoms with Crippen molar-refractivity contribution in [3.8, 4) is 0 Å². The molecule has 0 saturated carbocycles. The first-order chi connectivity index (χ1) is 10.4. The van der Waals surface area contributed by atoms with Gasteiger partial charge in [0.25, 0.3) is 0 Å². The number of nitrogens with zero attached hydrogens (tertiary/aromatic N) is 2. The van der Waals surface area contributed by atoms with Gasteiger partial charge in [-0.2, -0.15) is 0 Å². The number of anilines is 1. The fraction of sp³-hybridized carbons (Fsp3) is 0.235. The molecule has 22 heavy (non-hydrogen) atoms. The molecule has 1 heterocycles. The Kier molecular flexibility index (Phi) is 5.33. The average Bonchev–Trinajstić information content (AvgIpc) is 2.39. The highest BCUT2D eigenvalue weighted by molar-refractivity contribution is 7.99. The zero-order chi connectivity index (χ0) is 16.1. The van der Waals surface area contributed by atoms with Gasteiger partial charge < -0.3 is 5.32 Å². The smallest absolute Gasteiger partial charge is 0.248 e. The molecule has 114 valence electrons. The van der Waals surface area contributed by atoms with E-state index in [4.69, 9.17) is 0 Å². The molecule has 0 atom stereocenters. The summed E-state index contributed by atoms with van der Waals surface area (Å²) in [6, 6.07) is 9.60. The summed E-state index contributed by atoms with van der Waals surface area (Å²) in [6.45, 7) is 7.70. The first-order valence-corrected chi connectivity index (χ1v) is 7.80. The third kappa shape index (κ3) is 5.00. The van der Waals surface area contributed by atoms with Crippen LogP contribution in [0, 0.1) is 13.8 Å². The number of hydrogen-bond donors (Lipinski definition) is 1. The van der Waals surface area contributed by atoms with Gasteiger partial charge in [-0.05, 0) is 69.8 Å². The van der Waals surface area contributed by atoms with Crippen molar-refractivity contribution < 1.29 is 4.79 Å². The van der Waals surface area contributed by atoms with Gasteiger partial charge >= 0.3 is 0 Å². The van der Waals surface area contributed by atoms with Gasteiger partial charge in [-0.25, -0.2) is 9.97 Å². The number of hydrogen-bond acceptors (Lipinski definition) is 4. The zero-order valence-corrected chi connectivity index (χ0v) is 14.0. The summed E-state index contributed by atoms with van der Waals surface area (Å²) in [5.41, 5.74) is 3.66. The topological polar surface area (TPSA) is 54.9 Å². The van der Waals surface area contributed by atoms with Crippen LogP contribution >= 0.6 is 11.8 Å². The molecule has 1 aromatic heterocycles. The number of benzene rings is 1. The van der Waals surface area contributed by atoms with E-state index >= 15 is 0 Å². The second kappa shape index (κ2) is 7.22. The van der Waals surface area contributed by atoms with E-state index in [0.29, 0.717) is 0 Å². The fourth-order valence-electron chi connectivity index (χ4n) is 1.89. The van der Waals surface area contributed by atoms with Gasteiger partial charge in [-0.1, -0.05) is 5.57 Å². The SMILES string of the molecule is CC(C)=CC(=O)Nc1ccc(Sc2nc(C)cc(C)n2)cc1. The Labute approximate surface area is 135 Å². The molecule has 2 rings (SSSR count). The van der Waals surface area contributed by atoms with E-state index in [9.17, 15) is 4.79 Å². The van der Waals surface area contributed by atoms with Gasteiger partial charge in [-0.15, -0.1) is 0 Å². The molecular weight excluding hydrogens is 294 g/mol. The zero-order valence-electron chi connectivity index (χ0n) is 13.2. The molecule has 0 fully saturated rings. The van der Waals surface area contributed by atoms with Crippen LogP contribution in [-0.4, -0.2) is 15.9 Å². The highest BCUT2D eigenvalue weighted by Crippen LogP contribution is 2.26. The maximum absolute atomic E-state index is 11.7. The molecule has 1 N–H and O–H groups in total. The van der Waals surface area contributed by atoms with E-state index in [1.54, 1.807) is 6.08 Å². The molecule has 0 aliphatic carbocycles. The number of amides is 1. The number of aryl methyl sites for hydroxylation is 2. The number of carbonyl (C=O) groups excluding carboxylic acids is 1. The van der Waals surface area contributed by atoms with Gasteiger partial charge in [0.15, 0.2) is 5.16 Å². The van der Waals surface area contributed by atoms with E-state index in [1.165, 1.54) is 11.8 Å². The summed E-state index contributed by atoms with van der Waals surface area (Å²) in [7, 11) is 0. The second-order valence-corrected chi connectivity index (χ2v) is 6.31. The van der Waals surface area contributed by atoms with E-state index in [2.05, 4.69) is 15.3 Å².